The summed E-state index contributed by atoms with van der Waals surface area (Å²) in [5.74, 6) is 0.349. The van der Waals surface area contributed by atoms with E-state index in [2.05, 4.69) is 10.2 Å². The summed E-state index contributed by atoms with van der Waals surface area (Å²) in [6.07, 6.45) is -6.54. The van der Waals surface area contributed by atoms with Gasteiger partial charge in [0, 0.05) is 0 Å². The minimum absolute atomic E-state index is 0.349. The molecule has 2 aliphatic rings. The fraction of sp³-hybridized carbons (Fsp3) is 0.500. The normalized spacial score (nSPS) is 35.3. The van der Waals surface area contributed by atoms with Crippen LogP contribution >= 0.6 is 0 Å². The summed E-state index contributed by atoms with van der Waals surface area (Å²) in [7, 11) is 0. The topological polar surface area (TPSA) is 124 Å². The number of rotatable bonds is 3. The van der Waals surface area contributed by atoms with Crippen molar-refractivity contribution in [3.8, 4) is 5.75 Å². The third-order valence-electron chi connectivity index (χ3n) is 3.33. The summed E-state index contributed by atoms with van der Waals surface area (Å²) in [6.45, 7) is -0.503. The third kappa shape index (κ3) is 2.07. The lowest BCUT2D eigenvalue weighted by atomic mass is 9.99. The maximum Gasteiger partial charge on any atom is 0.229 e. The summed E-state index contributed by atoms with van der Waals surface area (Å²) in [5, 5.41) is 45.9. The van der Waals surface area contributed by atoms with E-state index in [1.165, 1.54) is 0 Å². The van der Waals surface area contributed by atoms with Crippen molar-refractivity contribution in [2.75, 3.05) is 6.61 Å². The molecule has 1 aromatic carbocycles. The van der Waals surface area contributed by atoms with Crippen molar-refractivity contribution in [1.29, 1.82) is 0 Å². The number of nitrogens with zero attached hydrogens (tertiary/aromatic N) is 2. The lowest BCUT2D eigenvalue weighted by Crippen LogP contribution is -2.60. The quantitative estimate of drug-likeness (QED) is 0.607. The predicted molar refractivity (Wildman–Crippen MR) is 65.0 cm³/mol. The van der Waals surface area contributed by atoms with Gasteiger partial charge >= 0.3 is 0 Å². The van der Waals surface area contributed by atoms with Crippen molar-refractivity contribution in [2.45, 2.75) is 30.7 Å². The molecule has 0 bridgehead atoms. The Morgan fingerprint density at radius 1 is 1.10 bits per heavy atom. The molecule has 8 nitrogen and oxygen atoms in total. The molecule has 0 aliphatic carbocycles. The maximum absolute atomic E-state index is 9.87. The van der Waals surface area contributed by atoms with E-state index in [4.69, 9.17) is 14.6 Å². The van der Waals surface area contributed by atoms with Gasteiger partial charge in [0.05, 0.1) is 6.61 Å². The van der Waals surface area contributed by atoms with Gasteiger partial charge in [-0.05, 0) is 12.1 Å². The molecule has 1 saturated heterocycles. The monoisotopic (exact) mass is 282 g/mol. The first-order chi connectivity index (χ1) is 9.61. The lowest BCUT2D eigenvalue weighted by molar-refractivity contribution is -0.277. The molecule has 2 heterocycles. The Labute approximate surface area is 113 Å². The van der Waals surface area contributed by atoms with Gasteiger partial charge in [0.2, 0.25) is 6.29 Å². The number of ether oxygens (including phenoxy) is 2. The van der Waals surface area contributed by atoms with Gasteiger partial charge in [-0.2, -0.15) is 0 Å². The van der Waals surface area contributed by atoms with Crippen LogP contribution in [0, 0.1) is 0 Å². The fourth-order valence-corrected chi connectivity index (χ4v) is 2.14. The van der Waals surface area contributed by atoms with Crippen LogP contribution in [-0.4, -0.2) is 57.7 Å². The number of fused-ring (bicyclic) bond motifs is 1. The summed E-state index contributed by atoms with van der Waals surface area (Å²) >= 11 is 0. The Bertz CT molecular complexity index is 535. The van der Waals surface area contributed by atoms with E-state index in [1.54, 1.807) is 18.2 Å². The first-order valence-electron chi connectivity index (χ1n) is 6.13. The highest BCUT2D eigenvalue weighted by atomic mass is 16.7. The fourth-order valence-electron chi connectivity index (χ4n) is 2.14. The Balaban J connectivity index is 1.78. The van der Waals surface area contributed by atoms with Crippen molar-refractivity contribution >= 4 is 11.4 Å². The van der Waals surface area contributed by atoms with E-state index in [1.807, 2.05) is 0 Å². The van der Waals surface area contributed by atoms with Crippen LogP contribution in [0.1, 0.15) is 0 Å². The van der Waals surface area contributed by atoms with Crippen LogP contribution in [0.25, 0.3) is 0 Å². The van der Waals surface area contributed by atoms with Crippen LogP contribution in [-0.2, 0) is 4.74 Å². The number of hydrogen-bond acceptors (Lipinski definition) is 8. The number of aliphatic hydroxyl groups is 4. The van der Waals surface area contributed by atoms with Crippen LogP contribution in [0.2, 0.25) is 0 Å². The van der Waals surface area contributed by atoms with Crippen molar-refractivity contribution in [3.05, 3.63) is 18.2 Å². The van der Waals surface area contributed by atoms with Gasteiger partial charge in [-0.3, -0.25) is 0 Å². The predicted octanol–water partition coefficient (Wildman–Crippen LogP) is -0.406. The summed E-state index contributed by atoms with van der Waals surface area (Å²) < 4.78 is 10.7. The van der Waals surface area contributed by atoms with Crippen LogP contribution in [0.5, 0.6) is 5.75 Å². The van der Waals surface area contributed by atoms with Crippen LogP contribution < -0.4 is 4.74 Å². The largest absolute Gasteiger partial charge is 0.460 e. The second-order valence-electron chi connectivity index (χ2n) is 4.64. The molecule has 20 heavy (non-hydrogen) atoms. The van der Waals surface area contributed by atoms with E-state index in [0.29, 0.717) is 17.1 Å². The van der Waals surface area contributed by atoms with E-state index in [-0.39, 0.29) is 0 Å². The zero-order valence-corrected chi connectivity index (χ0v) is 10.3. The molecule has 2 aliphatic heterocycles. The van der Waals surface area contributed by atoms with Crippen molar-refractivity contribution < 1.29 is 29.9 Å². The zero-order chi connectivity index (χ0) is 14.3. The molecule has 8 heteroatoms. The van der Waals surface area contributed by atoms with Crippen molar-refractivity contribution in [2.24, 2.45) is 10.2 Å². The second kappa shape index (κ2) is 5.08. The molecule has 3 rings (SSSR count). The molecule has 0 unspecified atom stereocenters. The SMILES string of the molecule is OC[C@H]1O[C@H](Oc2cccc3c2N=N3)[C@@H](O)[C@@H](O)[C@@H]1O. The summed E-state index contributed by atoms with van der Waals surface area (Å²) in [6, 6.07) is 5.08. The van der Waals surface area contributed by atoms with Crippen molar-refractivity contribution in [3.63, 3.8) is 0 Å². The smallest absolute Gasteiger partial charge is 0.229 e. The first-order valence-corrected chi connectivity index (χ1v) is 6.13. The number of benzene rings is 1. The molecule has 0 amide bonds. The summed E-state index contributed by atoms with van der Waals surface area (Å²) in [4.78, 5) is 0. The van der Waals surface area contributed by atoms with E-state index >= 15 is 0 Å². The molecular formula is C12H14N2O6. The molecule has 0 radical (unpaired) electrons. The Hall–Kier alpha value is -1.58. The minimum Gasteiger partial charge on any atom is -0.460 e. The zero-order valence-electron chi connectivity index (χ0n) is 10.3. The van der Waals surface area contributed by atoms with Gasteiger partial charge in [0.1, 0.15) is 30.1 Å². The van der Waals surface area contributed by atoms with Crippen molar-refractivity contribution in [1.82, 2.24) is 0 Å². The highest BCUT2D eigenvalue weighted by Crippen LogP contribution is 2.45. The lowest BCUT2D eigenvalue weighted by Gasteiger charge is -2.39. The highest BCUT2D eigenvalue weighted by Gasteiger charge is 2.45. The Morgan fingerprint density at radius 2 is 1.90 bits per heavy atom. The Kier molecular flexibility index (Phi) is 3.40. The van der Waals surface area contributed by atoms with Crippen LogP contribution in [0.15, 0.2) is 28.4 Å². The maximum atomic E-state index is 9.87. The number of hydrogen-bond donors (Lipinski definition) is 4. The molecule has 0 saturated carbocycles. The first kappa shape index (κ1) is 13.4. The number of azo groups is 1. The van der Waals surface area contributed by atoms with Crippen LogP contribution in [0.4, 0.5) is 11.4 Å². The van der Waals surface area contributed by atoms with E-state index in [0.717, 1.165) is 0 Å². The van der Waals surface area contributed by atoms with Gasteiger partial charge < -0.3 is 29.9 Å². The molecule has 1 fully saturated rings. The molecule has 0 aromatic heterocycles. The number of aliphatic hydroxyl groups excluding tert-OH is 4. The van der Waals surface area contributed by atoms with E-state index in [9.17, 15) is 15.3 Å². The van der Waals surface area contributed by atoms with Gasteiger partial charge in [0.15, 0.2) is 11.4 Å². The van der Waals surface area contributed by atoms with E-state index < -0.39 is 37.3 Å². The summed E-state index contributed by atoms with van der Waals surface area (Å²) in [5.41, 5.74) is 1.19. The molecule has 108 valence electrons. The molecule has 0 spiro atoms. The van der Waals surface area contributed by atoms with Gasteiger partial charge in [0.25, 0.3) is 0 Å². The average molecular weight is 282 g/mol. The highest BCUT2D eigenvalue weighted by molar-refractivity contribution is 5.73. The third-order valence-corrected chi connectivity index (χ3v) is 3.33. The van der Waals surface area contributed by atoms with Crippen LogP contribution in [0.3, 0.4) is 0 Å². The van der Waals surface area contributed by atoms with Gasteiger partial charge in [-0.25, -0.2) is 0 Å². The Morgan fingerprint density at radius 3 is 2.55 bits per heavy atom. The molecular weight excluding hydrogens is 268 g/mol. The van der Waals surface area contributed by atoms with Gasteiger partial charge in [-0.15, -0.1) is 10.2 Å². The standard InChI is InChI=1S/C12H14N2O6/c15-4-7-9(16)10(17)11(18)12(20-7)19-6-3-1-2-5-8(6)14-13-5/h1-3,7,9-12,15-18H,4H2/t7-,9-,10+,11+,12+/m1/s1. The second-order valence-corrected chi connectivity index (χ2v) is 4.64. The molecule has 4 N–H and O–H groups in total. The van der Waals surface area contributed by atoms with Gasteiger partial charge in [-0.1, -0.05) is 6.07 Å². The average Bonchev–Trinajstić information content (AvgIpc) is 2.41. The molecule has 5 atom stereocenters. The minimum atomic E-state index is -1.47. The molecule has 1 aromatic rings.